The molecule has 2 fully saturated rings. The maximum Gasteiger partial charge on any atom is 0.303 e. The molecule has 172 valence electrons. The van der Waals surface area contributed by atoms with Crippen molar-refractivity contribution in [2.45, 2.75) is 19.3 Å². The Labute approximate surface area is 184 Å². The maximum absolute atomic E-state index is 12.3. The van der Waals surface area contributed by atoms with Crippen molar-refractivity contribution >= 4 is 17.6 Å². The molecule has 3 rings (SSSR count). The van der Waals surface area contributed by atoms with Crippen LogP contribution in [-0.2, 0) is 14.3 Å². The van der Waals surface area contributed by atoms with Crippen LogP contribution in [-0.4, -0.2) is 93.4 Å². The van der Waals surface area contributed by atoms with Crippen molar-refractivity contribution in [3.63, 3.8) is 0 Å². The number of carbonyl (C=O) groups excluding carboxylic acids is 1. The van der Waals surface area contributed by atoms with Gasteiger partial charge < -0.3 is 24.4 Å². The molecule has 1 aromatic carbocycles. The fourth-order valence-electron chi connectivity index (χ4n) is 4.79. The summed E-state index contributed by atoms with van der Waals surface area (Å²) < 4.78 is 10.5. The largest absolute Gasteiger partial charge is 0.495 e. The predicted octanol–water partition coefficient (Wildman–Crippen LogP) is 1.79. The van der Waals surface area contributed by atoms with Gasteiger partial charge in [-0.15, -0.1) is 0 Å². The fourth-order valence-corrected chi connectivity index (χ4v) is 4.79. The van der Waals surface area contributed by atoms with E-state index in [0.29, 0.717) is 13.1 Å². The molecule has 2 saturated heterocycles. The van der Waals surface area contributed by atoms with E-state index in [9.17, 15) is 14.7 Å². The van der Waals surface area contributed by atoms with Gasteiger partial charge in [0.25, 0.3) is 0 Å². The molecule has 31 heavy (non-hydrogen) atoms. The molecule has 0 spiro atoms. The van der Waals surface area contributed by atoms with E-state index in [2.05, 4.69) is 15.9 Å². The number of aliphatic carboxylic acids is 1. The quantitative estimate of drug-likeness (QED) is 0.636. The lowest BCUT2D eigenvalue weighted by Crippen LogP contribution is -2.49. The van der Waals surface area contributed by atoms with Gasteiger partial charge in [0.2, 0.25) is 5.91 Å². The Kier molecular flexibility index (Phi) is 8.54. The maximum atomic E-state index is 12.3. The molecule has 1 amide bonds. The van der Waals surface area contributed by atoms with Crippen LogP contribution >= 0.6 is 0 Å². The van der Waals surface area contributed by atoms with Gasteiger partial charge in [0.1, 0.15) is 12.4 Å². The van der Waals surface area contributed by atoms with Gasteiger partial charge in [-0.3, -0.25) is 14.5 Å². The number of anilines is 1. The zero-order valence-electron chi connectivity index (χ0n) is 18.7. The lowest BCUT2D eigenvalue weighted by atomic mass is 9.81. The minimum atomic E-state index is -0.753. The molecule has 8 heteroatoms. The van der Waals surface area contributed by atoms with E-state index in [-0.39, 0.29) is 30.8 Å². The molecule has 0 bridgehead atoms. The minimum absolute atomic E-state index is 0.00769. The number of carbonyl (C=O) groups is 2. The van der Waals surface area contributed by atoms with Gasteiger partial charge in [0.15, 0.2) is 0 Å². The lowest BCUT2D eigenvalue weighted by Gasteiger charge is -2.40. The number of para-hydroxylation sites is 2. The summed E-state index contributed by atoms with van der Waals surface area (Å²) in [6, 6.07) is 8.10. The highest BCUT2D eigenvalue weighted by Gasteiger charge is 2.33. The van der Waals surface area contributed by atoms with E-state index in [0.717, 1.165) is 57.0 Å². The second kappa shape index (κ2) is 11.3. The standard InChI is InChI=1S/C23H35N3O5/c1-30-17-22(27)26-10-8-18(15-23(28)29)19(16-26)7-9-24-11-13-25(14-12-24)20-5-3-4-6-21(20)31-2/h3-6,18-19H,7-17H2,1-2H3,(H,28,29). The average molecular weight is 434 g/mol. The van der Waals surface area contributed by atoms with Crippen LogP contribution in [0, 0.1) is 11.8 Å². The first kappa shape index (κ1) is 23.3. The summed E-state index contributed by atoms with van der Waals surface area (Å²) in [7, 11) is 3.23. The second-order valence-corrected chi connectivity index (χ2v) is 8.47. The number of rotatable bonds is 9. The van der Waals surface area contributed by atoms with Gasteiger partial charge in [0, 0.05) is 52.8 Å². The van der Waals surface area contributed by atoms with E-state index in [1.807, 2.05) is 23.1 Å². The number of nitrogens with zero attached hydrogens (tertiary/aromatic N) is 3. The van der Waals surface area contributed by atoms with Crippen molar-refractivity contribution in [3.8, 4) is 5.75 Å². The van der Waals surface area contributed by atoms with Crippen LogP contribution in [0.5, 0.6) is 5.75 Å². The van der Waals surface area contributed by atoms with Gasteiger partial charge in [-0.1, -0.05) is 12.1 Å². The molecule has 1 aromatic rings. The van der Waals surface area contributed by atoms with Crippen molar-refractivity contribution in [1.82, 2.24) is 9.80 Å². The summed E-state index contributed by atoms with van der Waals surface area (Å²) in [5.74, 6) is 0.469. The Morgan fingerprint density at radius 3 is 2.48 bits per heavy atom. The first-order valence-electron chi connectivity index (χ1n) is 11.1. The molecule has 2 heterocycles. The van der Waals surface area contributed by atoms with Gasteiger partial charge in [-0.05, 0) is 43.4 Å². The molecule has 2 unspecified atom stereocenters. The van der Waals surface area contributed by atoms with E-state index >= 15 is 0 Å². The number of amides is 1. The number of carboxylic acid groups (broad SMARTS) is 1. The number of hydrogen-bond acceptors (Lipinski definition) is 6. The van der Waals surface area contributed by atoms with Crippen LogP contribution in [0.1, 0.15) is 19.3 Å². The van der Waals surface area contributed by atoms with E-state index < -0.39 is 5.97 Å². The molecule has 0 saturated carbocycles. The highest BCUT2D eigenvalue weighted by atomic mass is 16.5. The molecule has 2 atom stereocenters. The van der Waals surface area contributed by atoms with E-state index in [1.54, 1.807) is 7.11 Å². The van der Waals surface area contributed by atoms with Crippen LogP contribution in [0.15, 0.2) is 24.3 Å². The average Bonchev–Trinajstić information content (AvgIpc) is 2.78. The molecule has 1 N–H and O–H groups in total. The van der Waals surface area contributed by atoms with Crippen LogP contribution in [0.4, 0.5) is 5.69 Å². The third-order valence-corrected chi connectivity index (χ3v) is 6.56. The predicted molar refractivity (Wildman–Crippen MR) is 119 cm³/mol. The van der Waals surface area contributed by atoms with Crippen molar-refractivity contribution < 1.29 is 24.2 Å². The molecule has 0 aromatic heterocycles. The Morgan fingerprint density at radius 1 is 1.06 bits per heavy atom. The minimum Gasteiger partial charge on any atom is -0.495 e. The number of likely N-dealkylation sites (tertiary alicyclic amines) is 1. The van der Waals surface area contributed by atoms with Crippen molar-refractivity contribution in [2.75, 3.05) is 71.5 Å². The number of ether oxygens (including phenoxy) is 2. The summed E-state index contributed by atoms with van der Waals surface area (Å²) in [6.45, 7) is 6.04. The number of benzene rings is 1. The fraction of sp³-hybridized carbons (Fsp3) is 0.652. The number of piperidine rings is 1. The molecule has 2 aliphatic heterocycles. The first-order valence-corrected chi connectivity index (χ1v) is 11.1. The van der Waals surface area contributed by atoms with Gasteiger partial charge in [0.05, 0.1) is 12.8 Å². The third-order valence-electron chi connectivity index (χ3n) is 6.56. The molecular weight excluding hydrogens is 398 g/mol. The van der Waals surface area contributed by atoms with Crippen molar-refractivity contribution in [1.29, 1.82) is 0 Å². The van der Waals surface area contributed by atoms with Crippen LogP contribution in [0.2, 0.25) is 0 Å². The zero-order chi connectivity index (χ0) is 22.2. The number of piperazine rings is 1. The van der Waals surface area contributed by atoms with Gasteiger partial charge in [-0.25, -0.2) is 0 Å². The van der Waals surface area contributed by atoms with Crippen LogP contribution < -0.4 is 9.64 Å². The Morgan fingerprint density at radius 2 is 1.81 bits per heavy atom. The smallest absolute Gasteiger partial charge is 0.303 e. The number of hydrogen-bond donors (Lipinski definition) is 1. The van der Waals surface area contributed by atoms with Crippen molar-refractivity contribution in [2.24, 2.45) is 11.8 Å². The molecule has 0 radical (unpaired) electrons. The molecular formula is C23H35N3O5. The van der Waals surface area contributed by atoms with Crippen molar-refractivity contribution in [3.05, 3.63) is 24.3 Å². The topological polar surface area (TPSA) is 82.5 Å². The third kappa shape index (κ3) is 6.33. The monoisotopic (exact) mass is 433 g/mol. The lowest BCUT2D eigenvalue weighted by molar-refractivity contribution is -0.141. The summed E-state index contributed by atoms with van der Waals surface area (Å²) in [5.41, 5.74) is 1.13. The summed E-state index contributed by atoms with van der Waals surface area (Å²) in [6.07, 6.45) is 1.83. The van der Waals surface area contributed by atoms with E-state index in [4.69, 9.17) is 9.47 Å². The normalized spacial score (nSPS) is 22.4. The number of carboxylic acids is 1. The molecule has 0 aliphatic carbocycles. The van der Waals surface area contributed by atoms with Crippen LogP contribution in [0.3, 0.4) is 0 Å². The highest BCUT2D eigenvalue weighted by Crippen LogP contribution is 2.31. The first-order chi connectivity index (χ1) is 15.0. The van der Waals surface area contributed by atoms with Gasteiger partial charge in [-0.2, -0.15) is 0 Å². The van der Waals surface area contributed by atoms with Crippen LogP contribution in [0.25, 0.3) is 0 Å². The Bertz CT molecular complexity index is 736. The Balaban J connectivity index is 1.53. The van der Waals surface area contributed by atoms with Gasteiger partial charge >= 0.3 is 5.97 Å². The summed E-state index contributed by atoms with van der Waals surface area (Å²) in [4.78, 5) is 30.2. The summed E-state index contributed by atoms with van der Waals surface area (Å²) >= 11 is 0. The summed E-state index contributed by atoms with van der Waals surface area (Å²) in [5, 5.41) is 9.31. The highest BCUT2D eigenvalue weighted by molar-refractivity contribution is 5.77. The SMILES string of the molecule is COCC(=O)N1CCC(CC(=O)O)C(CCN2CCN(c3ccccc3OC)CC2)C1. The number of methoxy groups -OCH3 is 2. The molecule has 2 aliphatic rings. The molecule has 8 nitrogen and oxygen atoms in total. The Hall–Kier alpha value is -2.32. The second-order valence-electron chi connectivity index (χ2n) is 8.47. The zero-order valence-corrected chi connectivity index (χ0v) is 18.7. The van der Waals surface area contributed by atoms with E-state index in [1.165, 1.54) is 7.11 Å².